The molecule has 1 unspecified atom stereocenters. The van der Waals surface area contributed by atoms with E-state index in [-0.39, 0.29) is 17.2 Å². The van der Waals surface area contributed by atoms with E-state index in [0.717, 1.165) is 12.8 Å². The minimum atomic E-state index is -2.91. The van der Waals surface area contributed by atoms with Crippen LogP contribution in [-0.4, -0.2) is 33.5 Å². The molecule has 112 valence electrons. The second kappa shape index (κ2) is 6.27. The second-order valence-corrected chi connectivity index (χ2v) is 8.25. The molecule has 0 saturated heterocycles. The van der Waals surface area contributed by atoms with Gasteiger partial charge in [0, 0.05) is 17.7 Å². The molecule has 1 aromatic rings. The highest BCUT2D eigenvalue weighted by atomic mass is 32.2. The lowest BCUT2D eigenvalue weighted by Crippen LogP contribution is -2.46. The van der Waals surface area contributed by atoms with Crippen LogP contribution >= 0.6 is 0 Å². The maximum atomic E-state index is 11.5. The standard InChI is InChI=1S/C16H25NO2S/c1-17-15(10-13-20(2,18)19)16(11-6-7-12-16)14-8-4-3-5-9-14/h3-5,8-9,15,17H,6-7,10-13H2,1-2H3. The first kappa shape index (κ1) is 15.5. The normalized spacial score (nSPS) is 19.9. The Morgan fingerprint density at radius 2 is 1.80 bits per heavy atom. The Bertz CT molecular complexity index is 519. The molecule has 0 spiro atoms. The maximum Gasteiger partial charge on any atom is 0.147 e. The van der Waals surface area contributed by atoms with Gasteiger partial charge in [-0.2, -0.15) is 0 Å². The van der Waals surface area contributed by atoms with Crippen LogP contribution in [0.15, 0.2) is 30.3 Å². The average Bonchev–Trinajstić information content (AvgIpc) is 2.90. The number of rotatable bonds is 6. The van der Waals surface area contributed by atoms with Crippen molar-refractivity contribution in [1.29, 1.82) is 0 Å². The average molecular weight is 295 g/mol. The van der Waals surface area contributed by atoms with Gasteiger partial charge in [-0.15, -0.1) is 0 Å². The van der Waals surface area contributed by atoms with E-state index in [0.29, 0.717) is 6.42 Å². The summed E-state index contributed by atoms with van der Waals surface area (Å²) in [4.78, 5) is 0. The van der Waals surface area contributed by atoms with Crippen molar-refractivity contribution in [3.8, 4) is 0 Å². The maximum absolute atomic E-state index is 11.5. The lowest BCUT2D eigenvalue weighted by Gasteiger charge is -2.38. The molecule has 20 heavy (non-hydrogen) atoms. The molecule has 0 amide bonds. The highest BCUT2D eigenvalue weighted by Crippen LogP contribution is 2.44. The molecule has 4 heteroatoms. The second-order valence-electron chi connectivity index (χ2n) is 5.99. The zero-order valence-electron chi connectivity index (χ0n) is 12.4. The summed E-state index contributed by atoms with van der Waals surface area (Å²) < 4.78 is 23.0. The van der Waals surface area contributed by atoms with Crippen LogP contribution in [-0.2, 0) is 15.3 Å². The third kappa shape index (κ3) is 3.41. The molecule has 1 N–H and O–H groups in total. The van der Waals surface area contributed by atoms with Crippen LogP contribution in [0.3, 0.4) is 0 Å². The van der Waals surface area contributed by atoms with Crippen LogP contribution in [0.25, 0.3) is 0 Å². The van der Waals surface area contributed by atoms with Gasteiger partial charge in [-0.05, 0) is 31.9 Å². The van der Waals surface area contributed by atoms with Crippen molar-refractivity contribution < 1.29 is 8.42 Å². The zero-order valence-corrected chi connectivity index (χ0v) is 13.2. The van der Waals surface area contributed by atoms with Crippen molar-refractivity contribution in [1.82, 2.24) is 5.32 Å². The summed E-state index contributed by atoms with van der Waals surface area (Å²) >= 11 is 0. The van der Waals surface area contributed by atoms with Crippen LogP contribution in [0, 0.1) is 0 Å². The predicted molar refractivity (Wildman–Crippen MR) is 83.8 cm³/mol. The highest BCUT2D eigenvalue weighted by Gasteiger charge is 2.41. The lowest BCUT2D eigenvalue weighted by molar-refractivity contribution is 0.303. The van der Waals surface area contributed by atoms with Gasteiger partial charge >= 0.3 is 0 Å². The summed E-state index contributed by atoms with van der Waals surface area (Å²) in [6, 6.07) is 10.8. The smallest absolute Gasteiger partial charge is 0.147 e. The third-order valence-electron chi connectivity index (χ3n) is 4.64. The van der Waals surface area contributed by atoms with Crippen LogP contribution in [0.4, 0.5) is 0 Å². The van der Waals surface area contributed by atoms with Gasteiger partial charge in [-0.1, -0.05) is 43.2 Å². The Labute approximate surface area is 122 Å². The third-order valence-corrected chi connectivity index (χ3v) is 5.61. The van der Waals surface area contributed by atoms with Crippen molar-refractivity contribution >= 4 is 9.84 Å². The lowest BCUT2D eigenvalue weighted by atomic mass is 9.72. The molecule has 0 aliphatic heterocycles. The van der Waals surface area contributed by atoms with Gasteiger partial charge in [-0.3, -0.25) is 0 Å². The van der Waals surface area contributed by atoms with Gasteiger partial charge in [0.25, 0.3) is 0 Å². The summed E-state index contributed by atoms with van der Waals surface area (Å²) in [6.45, 7) is 0. The van der Waals surface area contributed by atoms with Gasteiger partial charge in [0.1, 0.15) is 9.84 Å². The fourth-order valence-corrected chi connectivity index (χ4v) is 4.31. The first-order valence-corrected chi connectivity index (χ1v) is 9.44. The Kier molecular flexibility index (Phi) is 4.86. The summed E-state index contributed by atoms with van der Waals surface area (Å²) in [5, 5.41) is 3.39. The molecule has 3 nitrogen and oxygen atoms in total. The van der Waals surface area contributed by atoms with Crippen molar-refractivity contribution in [3.63, 3.8) is 0 Å². The van der Waals surface area contributed by atoms with Gasteiger partial charge in [0.05, 0.1) is 5.75 Å². The molecule has 0 aromatic heterocycles. The molecule has 1 atom stereocenters. The summed E-state index contributed by atoms with van der Waals surface area (Å²) in [6.07, 6.45) is 6.75. The van der Waals surface area contributed by atoms with E-state index in [2.05, 4.69) is 29.6 Å². The topological polar surface area (TPSA) is 46.2 Å². The number of sulfone groups is 1. The number of nitrogens with one attached hydrogen (secondary N) is 1. The molecule has 0 radical (unpaired) electrons. The number of likely N-dealkylation sites (N-methyl/N-ethyl adjacent to an activating group) is 1. The van der Waals surface area contributed by atoms with E-state index in [1.807, 2.05) is 13.1 Å². The Hall–Kier alpha value is -0.870. The molecule has 1 aliphatic carbocycles. The quantitative estimate of drug-likeness (QED) is 0.877. The zero-order chi connectivity index (χ0) is 14.6. The largest absolute Gasteiger partial charge is 0.316 e. The molecular weight excluding hydrogens is 270 g/mol. The van der Waals surface area contributed by atoms with Crippen LogP contribution in [0.5, 0.6) is 0 Å². The SMILES string of the molecule is CNC(CCS(C)(=O)=O)C1(c2ccccc2)CCCC1. The van der Waals surface area contributed by atoms with Gasteiger partial charge in [-0.25, -0.2) is 8.42 Å². The first-order valence-electron chi connectivity index (χ1n) is 7.38. The van der Waals surface area contributed by atoms with Gasteiger partial charge in [0.15, 0.2) is 0 Å². The van der Waals surface area contributed by atoms with Gasteiger partial charge in [0.2, 0.25) is 0 Å². The fourth-order valence-electron chi connectivity index (χ4n) is 3.64. The first-order chi connectivity index (χ1) is 9.48. The molecule has 1 aromatic carbocycles. The summed E-state index contributed by atoms with van der Waals surface area (Å²) in [5.74, 6) is 0.257. The fraction of sp³-hybridized carbons (Fsp3) is 0.625. The van der Waals surface area contributed by atoms with E-state index in [1.165, 1.54) is 24.7 Å². The van der Waals surface area contributed by atoms with Crippen molar-refractivity contribution in [2.45, 2.75) is 43.6 Å². The van der Waals surface area contributed by atoms with Crippen molar-refractivity contribution in [2.24, 2.45) is 0 Å². The molecule has 0 bridgehead atoms. The number of hydrogen-bond donors (Lipinski definition) is 1. The predicted octanol–water partition coefficient (Wildman–Crippen LogP) is 2.52. The molecule has 0 heterocycles. The van der Waals surface area contributed by atoms with E-state index >= 15 is 0 Å². The van der Waals surface area contributed by atoms with E-state index in [1.54, 1.807) is 0 Å². The minimum absolute atomic E-state index is 0.0979. The Morgan fingerprint density at radius 1 is 1.20 bits per heavy atom. The van der Waals surface area contributed by atoms with E-state index in [4.69, 9.17) is 0 Å². The Morgan fingerprint density at radius 3 is 2.30 bits per heavy atom. The van der Waals surface area contributed by atoms with Crippen LogP contribution in [0.2, 0.25) is 0 Å². The number of benzene rings is 1. The minimum Gasteiger partial charge on any atom is -0.316 e. The molecule has 1 aliphatic rings. The molecule has 1 fully saturated rings. The van der Waals surface area contributed by atoms with E-state index < -0.39 is 9.84 Å². The highest BCUT2D eigenvalue weighted by molar-refractivity contribution is 7.90. The van der Waals surface area contributed by atoms with Gasteiger partial charge < -0.3 is 5.32 Å². The monoisotopic (exact) mass is 295 g/mol. The van der Waals surface area contributed by atoms with Crippen molar-refractivity contribution in [3.05, 3.63) is 35.9 Å². The molecule has 1 saturated carbocycles. The summed E-state index contributed by atoms with van der Waals surface area (Å²) in [7, 11) is -0.953. The number of hydrogen-bond acceptors (Lipinski definition) is 3. The van der Waals surface area contributed by atoms with Crippen molar-refractivity contribution in [2.75, 3.05) is 19.1 Å². The Balaban J connectivity index is 2.26. The summed E-state index contributed by atoms with van der Waals surface area (Å²) in [5.41, 5.74) is 1.45. The van der Waals surface area contributed by atoms with Crippen LogP contribution < -0.4 is 5.32 Å². The van der Waals surface area contributed by atoms with E-state index in [9.17, 15) is 8.42 Å². The molecule has 2 rings (SSSR count). The molecular formula is C16H25NO2S. The van der Waals surface area contributed by atoms with Crippen LogP contribution in [0.1, 0.15) is 37.7 Å².